The molecule has 22 heavy (non-hydrogen) atoms. The number of nitrogens with one attached hydrogen (secondary N) is 1. The van der Waals surface area contributed by atoms with Crippen LogP contribution in [0.5, 0.6) is 0 Å². The van der Waals surface area contributed by atoms with Crippen molar-refractivity contribution >= 4 is 18.0 Å². The molecule has 0 spiro atoms. The third-order valence-electron chi connectivity index (χ3n) is 2.04. The van der Waals surface area contributed by atoms with E-state index in [-0.39, 0.29) is 19.8 Å². The van der Waals surface area contributed by atoms with Crippen LogP contribution in [0.2, 0.25) is 0 Å². The van der Waals surface area contributed by atoms with Gasteiger partial charge < -0.3 is 24.6 Å². The summed E-state index contributed by atoms with van der Waals surface area (Å²) >= 11 is 0. The molecule has 0 bridgehead atoms. The number of aliphatic carboxylic acids is 1. The van der Waals surface area contributed by atoms with Crippen LogP contribution in [0.15, 0.2) is 12.2 Å². The lowest BCUT2D eigenvalue weighted by molar-refractivity contribution is -0.141. The lowest BCUT2D eigenvalue weighted by atomic mass is 10.2. The van der Waals surface area contributed by atoms with Gasteiger partial charge in [0.05, 0.1) is 13.2 Å². The zero-order valence-corrected chi connectivity index (χ0v) is 13.3. The highest BCUT2D eigenvalue weighted by Crippen LogP contribution is 2.06. The summed E-state index contributed by atoms with van der Waals surface area (Å²) in [5.41, 5.74) is -0.715. The molecule has 0 aliphatic rings. The predicted octanol–water partition coefficient (Wildman–Crippen LogP) is 1.10. The lowest BCUT2D eigenvalue weighted by Crippen LogP contribution is -2.46. The number of hydrogen-bond acceptors (Lipinski definition) is 6. The molecule has 0 aliphatic carbocycles. The molecule has 1 atom stereocenters. The van der Waals surface area contributed by atoms with Crippen molar-refractivity contribution in [1.29, 1.82) is 0 Å². The number of carboxylic acids is 1. The number of amides is 1. The molecule has 1 amide bonds. The summed E-state index contributed by atoms with van der Waals surface area (Å²) in [4.78, 5) is 33.0. The maximum absolute atomic E-state index is 11.5. The van der Waals surface area contributed by atoms with Crippen LogP contribution in [0.1, 0.15) is 27.7 Å². The predicted molar refractivity (Wildman–Crippen MR) is 77.4 cm³/mol. The molecule has 0 saturated carbocycles. The normalized spacial score (nSPS) is 12.7. The van der Waals surface area contributed by atoms with Gasteiger partial charge in [0.1, 0.15) is 12.2 Å². The highest BCUT2D eigenvalue weighted by atomic mass is 16.6. The fraction of sp³-hybridized carbons (Fsp3) is 0.643. The van der Waals surface area contributed by atoms with E-state index in [2.05, 4.69) is 10.1 Å². The average molecular weight is 317 g/mol. The van der Waals surface area contributed by atoms with Crippen molar-refractivity contribution in [1.82, 2.24) is 5.32 Å². The minimum atomic E-state index is -1.23. The molecule has 126 valence electrons. The third kappa shape index (κ3) is 11.7. The summed E-state index contributed by atoms with van der Waals surface area (Å²) in [6.45, 7) is 6.35. The van der Waals surface area contributed by atoms with Gasteiger partial charge in [-0.3, -0.25) is 4.79 Å². The Hall–Kier alpha value is -2.09. The SMILES string of the molecule is CC(=O)OC/C=C\COC[C@H](NC(=O)OC(C)(C)C)C(=O)O. The summed E-state index contributed by atoms with van der Waals surface area (Å²) in [7, 11) is 0. The Morgan fingerprint density at radius 2 is 1.77 bits per heavy atom. The number of carbonyl (C=O) groups is 3. The number of hydrogen-bond donors (Lipinski definition) is 2. The van der Waals surface area contributed by atoms with Gasteiger partial charge in [0, 0.05) is 6.92 Å². The van der Waals surface area contributed by atoms with E-state index in [1.54, 1.807) is 32.9 Å². The molecule has 2 N–H and O–H groups in total. The van der Waals surface area contributed by atoms with Gasteiger partial charge in [-0.1, -0.05) is 6.08 Å². The summed E-state index contributed by atoms with van der Waals surface area (Å²) in [6, 6.07) is -1.21. The Morgan fingerprint density at radius 3 is 2.27 bits per heavy atom. The molecule has 0 aromatic rings. The fourth-order valence-corrected chi connectivity index (χ4v) is 1.18. The van der Waals surface area contributed by atoms with Crippen molar-refractivity contribution in [2.45, 2.75) is 39.3 Å². The molecule has 0 aromatic heterocycles. The molecule has 0 rings (SSSR count). The number of carbonyl (C=O) groups excluding carboxylic acids is 2. The molecule has 0 fully saturated rings. The monoisotopic (exact) mass is 317 g/mol. The first kappa shape index (κ1) is 19.9. The Morgan fingerprint density at radius 1 is 1.18 bits per heavy atom. The maximum Gasteiger partial charge on any atom is 0.408 e. The van der Waals surface area contributed by atoms with Crippen LogP contribution < -0.4 is 5.32 Å². The second kappa shape index (κ2) is 9.78. The Kier molecular flexibility index (Phi) is 8.85. The molecule has 8 nitrogen and oxygen atoms in total. The van der Waals surface area contributed by atoms with E-state index in [1.807, 2.05) is 0 Å². The van der Waals surface area contributed by atoms with Gasteiger partial charge in [0.25, 0.3) is 0 Å². The molecule has 0 radical (unpaired) electrons. The first-order valence-corrected chi connectivity index (χ1v) is 6.70. The molecule has 0 unspecified atom stereocenters. The maximum atomic E-state index is 11.5. The van der Waals surface area contributed by atoms with Gasteiger partial charge in [-0.2, -0.15) is 0 Å². The second-order valence-electron chi connectivity index (χ2n) is 5.35. The molecule has 0 saturated heterocycles. The van der Waals surface area contributed by atoms with E-state index in [0.717, 1.165) is 0 Å². The molecule has 8 heteroatoms. The van der Waals surface area contributed by atoms with Crippen LogP contribution in [0.3, 0.4) is 0 Å². The molecule has 0 aliphatic heterocycles. The number of ether oxygens (including phenoxy) is 3. The zero-order valence-electron chi connectivity index (χ0n) is 13.3. The van der Waals surface area contributed by atoms with E-state index < -0.39 is 29.7 Å². The molecule has 0 aromatic carbocycles. The van der Waals surface area contributed by atoms with Gasteiger partial charge in [0.15, 0.2) is 6.04 Å². The minimum Gasteiger partial charge on any atom is -0.480 e. The Bertz CT molecular complexity index is 412. The summed E-state index contributed by atoms with van der Waals surface area (Å²) < 4.78 is 14.7. The van der Waals surface area contributed by atoms with Crippen molar-refractivity contribution in [2.24, 2.45) is 0 Å². The number of esters is 1. The summed E-state index contributed by atoms with van der Waals surface area (Å²) in [6.07, 6.45) is 2.32. The van der Waals surface area contributed by atoms with Gasteiger partial charge in [0.2, 0.25) is 0 Å². The highest BCUT2D eigenvalue weighted by molar-refractivity contribution is 5.80. The number of carboxylic acid groups (broad SMARTS) is 1. The quantitative estimate of drug-likeness (QED) is 0.392. The van der Waals surface area contributed by atoms with Crippen molar-refractivity contribution in [2.75, 3.05) is 19.8 Å². The van der Waals surface area contributed by atoms with Gasteiger partial charge in [-0.15, -0.1) is 0 Å². The molecular weight excluding hydrogens is 294 g/mol. The van der Waals surface area contributed by atoms with Crippen LogP contribution in [0.4, 0.5) is 4.79 Å². The van der Waals surface area contributed by atoms with E-state index >= 15 is 0 Å². The van der Waals surface area contributed by atoms with Crippen molar-refractivity contribution in [3.05, 3.63) is 12.2 Å². The van der Waals surface area contributed by atoms with Crippen LogP contribution in [0.25, 0.3) is 0 Å². The highest BCUT2D eigenvalue weighted by Gasteiger charge is 2.23. The van der Waals surface area contributed by atoms with Crippen molar-refractivity contribution in [3.8, 4) is 0 Å². The molecular formula is C14H23NO7. The van der Waals surface area contributed by atoms with Crippen LogP contribution >= 0.6 is 0 Å². The number of rotatable bonds is 8. The van der Waals surface area contributed by atoms with Crippen LogP contribution in [0, 0.1) is 0 Å². The van der Waals surface area contributed by atoms with E-state index in [1.165, 1.54) is 6.92 Å². The van der Waals surface area contributed by atoms with Crippen LogP contribution in [-0.4, -0.2) is 54.6 Å². The fourth-order valence-electron chi connectivity index (χ4n) is 1.18. The van der Waals surface area contributed by atoms with Gasteiger partial charge >= 0.3 is 18.0 Å². The Balaban J connectivity index is 4.08. The first-order valence-electron chi connectivity index (χ1n) is 6.70. The average Bonchev–Trinajstić information content (AvgIpc) is 2.33. The number of alkyl carbamates (subject to hydrolysis) is 1. The third-order valence-corrected chi connectivity index (χ3v) is 2.04. The smallest absolute Gasteiger partial charge is 0.408 e. The molecule has 0 heterocycles. The first-order chi connectivity index (χ1) is 10.1. The summed E-state index contributed by atoms with van der Waals surface area (Å²) in [5.74, 6) is -1.62. The minimum absolute atomic E-state index is 0.122. The second-order valence-corrected chi connectivity index (χ2v) is 5.35. The lowest BCUT2D eigenvalue weighted by Gasteiger charge is -2.21. The largest absolute Gasteiger partial charge is 0.480 e. The standard InChI is InChI=1S/C14H23NO7/c1-10(16)21-8-6-5-7-20-9-11(12(17)18)15-13(19)22-14(2,3)4/h5-6,11H,7-9H2,1-4H3,(H,15,19)(H,17,18)/b6-5-/t11-/m0/s1. The van der Waals surface area contributed by atoms with Crippen molar-refractivity contribution in [3.63, 3.8) is 0 Å². The van der Waals surface area contributed by atoms with Gasteiger partial charge in [-0.05, 0) is 26.8 Å². The Labute approximate surface area is 129 Å². The van der Waals surface area contributed by atoms with Gasteiger partial charge in [-0.25, -0.2) is 9.59 Å². The van der Waals surface area contributed by atoms with E-state index in [4.69, 9.17) is 14.6 Å². The van der Waals surface area contributed by atoms with Crippen LogP contribution in [-0.2, 0) is 23.8 Å². The van der Waals surface area contributed by atoms with E-state index in [0.29, 0.717) is 0 Å². The topological polar surface area (TPSA) is 111 Å². The zero-order chi connectivity index (χ0) is 17.2. The summed E-state index contributed by atoms with van der Waals surface area (Å²) in [5, 5.41) is 11.2. The van der Waals surface area contributed by atoms with E-state index in [9.17, 15) is 14.4 Å². The van der Waals surface area contributed by atoms with Crippen molar-refractivity contribution < 1.29 is 33.7 Å².